The quantitative estimate of drug-likeness (QED) is 0.599. The van der Waals surface area contributed by atoms with E-state index in [1.54, 1.807) is 0 Å². The zero-order valence-electron chi connectivity index (χ0n) is 9.28. The van der Waals surface area contributed by atoms with Gasteiger partial charge in [-0.2, -0.15) is 0 Å². The van der Waals surface area contributed by atoms with E-state index in [9.17, 15) is 0 Å². The molecule has 2 unspecified atom stereocenters. The summed E-state index contributed by atoms with van der Waals surface area (Å²) in [5.41, 5.74) is 0. The van der Waals surface area contributed by atoms with Crippen molar-refractivity contribution >= 4 is 11.6 Å². The van der Waals surface area contributed by atoms with E-state index in [2.05, 4.69) is 26.1 Å². The maximum Gasteiger partial charge on any atom is 0.0460 e. The molecule has 0 aliphatic carbocycles. The van der Waals surface area contributed by atoms with Gasteiger partial charge >= 0.3 is 0 Å². The summed E-state index contributed by atoms with van der Waals surface area (Å²) in [6, 6.07) is 0. The van der Waals surface area contributed by atoms with Crippen molar-refractivity contribution in [1.29, 1.82) is 0 Å². The predicted octanol–water partition coefficient (Wildman–Crippen LogP) is 3.42. The molecule has 1 nitrogen and oxygen atoms in total. The Bertz CT molecular complexity index is 94.3. The minimum atomic E-state index is 0.318. The Balaban J connectivity index is 3.23. The molecule has 0 saturated carbocycles. The molecule has 0 rings (SSSR count). The van der Waals surface area contributed by atoms with Gasteiger partial charge in [0, 0.05) is 11.9 Å². The summed E-state index contributed by atoms with van der Waals surface area (Å²) in [4.78, 5) is 0. The van der Waals surface area contributed by atoms with Crippen molar-refractivity contribution in [2.24, 2.45) is 5.92 Å². The van der Waals surface area contributed by atoms with Crippen LogP contribution in [-0.2, 0) is 0 Å². The zero-order valence-corrected chi connectivity index (χ0v) is 10.0. The molecule has 0 aliphatic heterocycles. The summed E-state index contributed by atoms with van der Waals surface area (Å²) < 4.78 is 0. The summed E-state index contributed by atoms with van der Waals surface area (Å²) >= 11 is 6.08. The number of hydrogen-bond donors (Lipinski definition) is 1. The topological polar surface area (TPSA) is 12.0 Å². The lowest BCUT2D eigenvalue weighted by atomic mass is 10.1. The molecule has 0 aliphatic rings. The van der Waals surface area contributed by atoms with Crippen molar-refractivity contribution in [3.8, 4) is 0 Å². The zero-order chi connectivity index (χ0) is 10.1. The summed E-state index contributed by atoms with van der Waals surface area (Å²) in [6.45, 7) is 8.77. The third-order valence-corrected chi connectivity index (χ3v) is 2.61. The van der Waals surface area contributed by atoms with Crippen LogP contribution < -0.4 is 5.32 Å². The predicted molar refractivity (Wildman–Crippen MR) is 61.5 cm³/mol. The van der Waals surface area contributed by atoms with Crippen molar-refractivity contribution in [2.45, 2.75) is 51.8 Å². The molecule has 0 aromatic carbocycles. The molecule has 0 heterocycles. The smallest absolute Gasteiger partial charge is 0.0460 e. The molecule has 13 heavy (non-hydrogen) atoms. The lowest BCUT2D eigenvalue weighted by Gasteiger charge is -2.13. The van der Waals surface area contributed by atoms with Gasteiger partial charge in [0.15, 0.2) is 0 Å². The van der Waals surface area contributed by atoms with E-state index in [1.165, 1.54) is 19.3 Å². The molecule has 80 valence electrons. The van der Waals surface area contributed by atoms with Crippen molar-refractivity contribution in [3.63, 3.8) is 0 Å². The average Bonchev–Trinajstić information content (AvgIpc) is 2.05. The third kappa shape index (κ3) is 8.58. The highest BCUT2D eigenvalue weighted by Gasteiger charge is 2.04. The van der Waals surface area contributed by atoms with Crippen LogP contribution in [0.1, 0.15) is 46.5 Å². The van der Waals surface area contributed by atoms with Crippen LogP contribution in [0.4, 0.5) is 0 Å². The van der Waals surface area contributed by atoms with E-state index in [-0.39, 0.29) is 0 Å². The molecule has 0 aromatic heterocycles. The van der Waals surface area contributed by atoms with Crippen molar-refractivity contribution in [1.82, 2.24) is 5.32 Å². The van der Waals surface area contributed by atoms with Gasteiger partial charge < -0.3 is 5.32 Å². The van der Waals surface area contributed by atoms with Gasteiger partial charge in [0.25, 0.3) is 0 Å². The minimum Gasteiger partial charge on any atom is -0.315 e. The number of rotatable bonds is 8. The normalized spacial score (nSPS) is 15.7. The monoisotopic (exact) mass is 205 g/mol. The molecule has 2 heteroatoms. The molecule has 1 N–H and O–H groups in total. The van der Waals surface area contributed by atoms with Crippen LogP contribution in [-0.4, -0.2) is 18.5 Å². The second kappa shape index (κ2) is 8.83. The van der Waals surface area contributed by atoms with Crippen LogP contribution in [0.15, 0.2) is 0 Å². The van der Waals surface area contributed by atoms with Gasteiger partial charge in [-0.05, 0) is 25.3 Å². The minimum absolute atomic E-state index is 0.318. The van der Waals surface area contributed by atoms with Crippen LogP contribution in [0.3, 0.4) is 0 Å². The Labute approximate surface area is 88.2 Å². The summed E-state index contributed by atoms with van der Waals surface area (Å²) in [7, 11) is 0. The first kappa shape index (κ1) is 13.2. The first-order valence-corrected chi connectivity index (χ1v) is 5.99. The molecular weight excluding hydrogens is 182 g/mol. The number of alkyl halides is 1. The number of hydrogen-bond acceptors (Lipinski definition) is 1. The van der Waals surface area contributed by atoms with Gasteiger partial charge in [-0.1, -0.05) is 33.6 Å². The lowest BCUT2D eigenvalue weighted by Crippen LogP contribution is -2.27. The summed E-state index contributed by atoms with van der Waals surface area (Å²) in [5, 5.41) is 3.74. The second-order valence-electron chi connectivity index (χ2n) is 3.94. The van der Waals surface area contributed by atoms with Crippen molar-refractivity contribution in [2.75, 3.05) is 13.1 Å². The fourth-order valence-corrected chi connectivity index (χ4v) is 1.82. The van der Waals surface area contributed by atoms with E-state index in [0.29, 0.717) is 5.38 Å². The lowest BCUT2D eigenvalue weighted by molar-refractivity contribution is 0.471. The SMILES string of the molecule is CCCC(C)CNCC(Cl)CCC. The molecule has 0 bridgehead atoms. The Hall–Kier alpha value is 0.250. The standard InChI is InChI=1S/C11H24ClN/c1-4-6-10(3)8-13-9-11(12)7-5-2/h10-11,13H,4-9H2,1-3H3. The van der Waals surface area contributed by atoms with E-state index >= 15 is 0 Å². The van der Waals surface area contributed by atoms with E-state index in [4.69, 9.17) is 11.6 Å². The van der Waals surface area contributed by atoms with Crippen LogP contribution in [0, 0.1) is 5.92 Å². The molecule has 0 spiro atoms. The van der Waals surface area contributed by atoms with Crippen molar-refractivity contribution in [3.05, 3.63) is 0 Å². The highest BCUT2D eigenvalue weighted by Crippen LogP contribution is 2.05. The van der Waals surface area contributed by atoms with Crippen LogP contribution in [0.5, 0.6) is 0 Å². The average molecular weight is 206 g/mol. The molecule has 0 amide bonds. The summed E-state index contributed by atoms with van der Waals surface area (Å²) in [6.07, 6.45) is 4.90. The maximum atomic E-state index is 6.08. The fourth-order valence-electron chi connectivity index (χ4n) is 1.50. The van der Waals surface area contributed by atoms with Gasteiger partial charge in [-0.3, -0.25) is 0 Å². The maximum absolute atomic E-state index is 6.08. The van der Waals surface area contributed by atoms with Gasteiger partial charge in [-0.25, -0.2) is 0 Å². The molecule has 0 radical (unpaired) electrons. The third-order valence-electron chi connectivity index (χ3n) is 2.24. The first-order valence-electron chi connectivity index (χ1n) is 5.55. The van der Waals surface area contributed by atoms with Gasteiger partial charge in [0.05, 0.1) is 0 Å². The Morgan fingerprint density at radius 1 is 1.08 bits per heavy atom. The molecular formula is C11H24ClN. The fraction of sp³-hybridized carbons (Fsp3) is 1.00. The molecule has 2 atom stereocenters. The Morgan fingerprint density at radius 3 is 2.23 bits per heavy atom. The Kier molecular flexibility index (Phi) is 9.00. The van der Waals surface area contributed by atoms with E-state index in [1.807, 2.05) is 0 Å². The summed E-state index contributed by atoms with van der Waals surface area (Å²) in [5.74, 6) is 0.787. The van der Waals surface area contributed by atoms with Crippen LogP contribution in [0.2, 0.25) is 0 Å². The van der Waals surface area contributed by atoms with Gasteiger partial charge in [0.1, 0.15) is 0 Å². The first-order chi connectivity index (χ1) is 6.20. The number of halogens is 1. The van der Waals surface area contributed by atoms with Gasteiger partial charge in [-0.15, -0.1) is 11.6 Å². The van der Waals surface area contributed by atoms with Crippen LogP contribution in [0.25, 0.3) is 0 Å². The van der Waals surface area contributed by atoms with E-state index in [0.717, 1.165) is 25.4 Å². The van der Waals surface area contributed by atoms with Crippen LogP contribution >= 0.6 is 11.6 Å². The highest BCUT2D eigenvalue weighted by atomic mass is 35.5. The van der Waals surface area contributed by atoms with E-state index < -0.39 is 0 Å². The molecule has 0 aromatic rings. The van der Waals surface area contributed by atoms with Crippen molar-refractivity contribution < 1.29 is 0 Å². The molecule has 0 fully saturated rings. The van der Waals surface area contributed by atoms with Gasteiger partial charge in [0.2, 0.25) is 0 Å². The number of nitrogens with one attached hydrogen (secondary N) is 1. The second-order valence-corrected chi connectivity index (χ2v) is 4.56. The Morgan fingerprint density at radius 2 is 1.69 bits per heavy atom. The highest BCUT2D eigenvalue weighted by molar-refractivity contribution is 6.20. The largest absolute Gasteiger partial charge is 0.315 e. The molecule has 0 saturated heterocycles.